The lowest BCUT2D eigenvalue weighted by molar-refractivity contribution is 0.171. The maximum absolute atomic E-state index is 3.61. The predicted molar refractivity (Wildman–Crippen MR) is 84.4 cm³/mol. The van der Waals surface area contributed by atoms with Crippen molar-refractivity contribution in [1.29, 1.82) is 0 Å². The van der Waals surface area contributed by atoms with Crippen LogP contribution in [0, 0.1) is 11.3 Å². The second-order valence-corrected chi connectivity index (χ2v) is 9.02. The first kappa shape index (κ1) is 16.3. The maximum Gasteiger partial charge on any atom is 0.0149 e. The zero-order valence-electron chi connectivity index (χ0n) is 13.1. The molecule has 2 unspecified atom stereocenters. The number of thioether (sulfide) groups is 1. The van der Waals surface area contributed by atoms with Crippen LogP contribution in [0.3, 0.4) is 0 Å². The van der Waals surface area contributed by atoms with Gasteiger partial charge in [0.2, 0.25) is 0 Å². The van der Waals surface area contributed by atoms with Gasteiger partial charge in [-0.3, -0.25) is 0 Å². The number of nitrogens with one attached hydrogen (secondary N) is 1. The summed E-state index contributed by atoms with van der Waals surface area (Å²) in [7, 11) is 0. The normalized spacial score (nSPS) is 26.8. The first-order valence-corrected chi connectivity index (χ1v) is 8.31. The third-order valence-corrected chi connectivity index (χ3v) is 4.53. The minimum absolute atomic E-state index is 0.371. The molecule has 0 aromatic rings. The van der Waals surface area contributed by atoms with E-state index in [1.165, 1.54) is 19.6 Å². The van der Waals surface area contributed by atoms with Crippen LogP contribution in [0.4, 0.5) is 0 Å². The minimum atomic E-state index is 0.371. The highest BCUT2D eigenvalue weighted by Gasteiger charge is 2.27. The molecule has 0 aromatic heterocycles. The highest BCUT2D eigenvalue weighted by atomic mass is 32.2. The summed E-state index contributed by atoms with van der Waals surface area (Å²) in [6.07, 6.45) is 0. The van der Waals surface area contributed by atoms with Gasteiger partial charge in [-0.1, -0.05) is 41.5 Å². The van der Waals surface area contributed by atoms with Gasteiger partial charge in [-0.2, -0.15) is 11.8 Å². The molecular formula is C15H32N2S. The molecule has 1 N–H and O–H groups in total. The summed E-state index contributed by atoms with van der Waals surface area (Å²) in [5.74, 6) is 0.743. The molecule has 3 heteroatoms. The van der Waals surface area contributed by atoms with Crippen LogP contribution in [0.2, 0.25) is 0 Å². The second-order valence-electron chi connectivity index (χ2n) is 7.14. The van der Waals surface area contributed by atoms with Gasteiger partial charge in [-0.05, 0) is 17.9 Å². The summed E-state index contributed by atoms with van der Waals surface area (Å²) in [5.41, 5.74) is 0.371. The van der Waals surface area contributed by atoms with Gasteiger partial charge in [0.25, 0.3) is 0 Å². The van der Waals surface area contributed by atoms with Gasteiger partial charge in [-0.25, -0.2) is 0 Å². The third kappa shape index (κ3) is 6.44. The average molecular weight is 273 g/mol. The quantitative estimate of drug-likeness (QED) is 0.800. The van der Waals surface area contributed by atoms with E-state index in [4.69, 9.17) is 0 Å². The van der Waals surface area contributed by atoms with Crippen molar-refractivity contribution in [3.05, 3.63) is 0 Å². The summed E-state index contributed by atoms with van der Waals surface area (Å²) in [4.78, 5) is 2.66. The van der Waals surface area contributed by atoms with Crippen LogP contribution in [0.15, 0.2) is 0 Å². The molecule has 0 aliphatic carbocycles. The van der Waals surface area contributed by atoms with E-state index in [1.54, 1.807) is 0 Å². The molecule has 18 heavy (non-hydrogen) atoms. The Morgan fingerprint density at radius 1 is 1.22 bits per heavy atom. The lowest BCUT2D eigenvalue weighted by Crippen LogP contribution is -2.47. The topological polar surface area (TPSA) is 15.3 Å². The minimum Gasteiger partial charge on any atom is -0.316 e. The van der Waals surface area contributed by atoms with E-state index >= 15 is 0 Å². The first-order valence-electron chi connectivity index (χ1n) is 7.37. The second kappa shape index (κ2) is 7.16. The van der Waals surface area contributed by atoms with Crippen LogP contribution in [-0.2, 0) is 0 Å². The average Bonchev–Trinajstić information content (AvgIpc) is 2.12. The molecule has 0 radical (unpaired) electrons. The van der Waals surface area contributed by atoms with E-state index in [2.05, 4.69) is 63.5 Å². The summed E-state index contributed by atoms with van der Waals surface area (Å²) in [6.45, 7) is 20.0. The molecule has 2 atom stereocenters. The number of hydrogen-bond acceptors (Lipinski definition) is 3. The van der Waals surface area contributed by atoms with Crippen molar-refractivity contribution in [3.63, 3.8) is 0 Å². The van der Waals surface area contributed by atoms with Crippen LogP contribution < -0.4 is 5.32 Å². The molecule has 0 spiro atoms. The SMILES string of the molecule is CC(C)CNCC(C)(C)CN1CC(C)SC(C)C1. The zero-order chi connectivity index (χ0) is 13.8. The Bertz CT molecular complexity index is 231. The number of nitrogens with zero attached hydrogens (tertiary/aromatic N) is 1. The monoisotopic (exact) mass is 272 g/mol. The van der Waals surface area contributed by atoms with E-state index in [1.807, 2.05) is 0 Å². The van der Waals surface area contributed by atoms with Crippen LogP contribution in [0.5, 0.6) is 0 Å². The standard InChI is InChI=1S/C15H32N2S/c1-12(2)7-16-10-15(5,6)11-17-8-13(3)18-14(4)9-17/h12-14,16H,7-11H2,1-6H3. The molecule has 0 aromatic carbocycles. The largest absolute Gasteiger partial charge is 0.316 e. The Morgan fingerprint density at radius 2 is 1.78 bits per heavy atom. The van der Waals surface area contributed by atoms with Crippen LogP contribution in [-0.4, -0.2) is 48.1 Å². The van der Waals surface area contributed by atoms with Crippen molar-refractivity contribution in [2.75, 3.05) is 32.7 Å². The van der Waals surface area contributed by atoms with Gasteiger partial charge >= 0.3 is 0 Å². The van der Waals surface area contributed by atoms with Gasteiger partial charge in [0.15, 0.2) is 0 Å². The number of hydrogen-bond donors (Lipinski definition) is 1. The van der Waals surface area contributed by atoms with Gasteiger partial charge in [0.1, 0.15) is 0 Å². The van der Waals surface area contributed by atoms with E-state index in [9.17, 15) is 0 Å². The van der Waals surface area contributed by atoms with E-state index < -0.39 is 0 Å². The Kier molecular flexibility index (Phi) is 6.49. The van der Waals surface area contributed by atoms with Crippen LogP contribution in [0.25, 0.3) is 0 Å². The molecule has 108 valence electrons. The fourth-order valence-electron chi connectivity index (χ4n) is 2.77. The molecule has 1 rings (SSSR count). The smallest absolute Gasteiger partial charge is 0.0149 e. The van der Waals surface area contributed by atoms with E-state index in [-0.39, 0.29) is 0 Å². The summed E-state index contributed by atoms with van der Waals surface area (Å²) in [5, 5.41) is 5.18. The lowest BCUT2D eigenvalue weighted by Gasteiger charge is -2.39. The molecule has 1 aliphatic heterocycles. The highest BCUT2D eigenvalue weighted by Crippen LogP contribution is 2.27. The first-order chi connectivity index (χ1) is 8.28. The van der Waals surface area contributed by atoms with E-state index in [0.29, 0.717) is 5.41 Å². The van der Waals surface area contributed by atoms with Gasteiger partial charge in [0.05, 0.1) is 0 Å². The van der Waals surface area contributed by atoms with Crippen LogP contribution >= 0.6 is 11.8 Å². The third-order valence-electron chi connectivity index (χ3n) is 3.30. The highest BCUT2D eigenvalue weighted by molar-refractivity contribution is 8.00. The number of rotatable bonds is 6. The fraction of sp³-hybridized carbons (Fsp3) is 1.00. The maximum atomic E-state index is 3.61. The van der Waals surface area contributed by atoms with Gasteiger partial charge in [0, 0.05) is 36.7 Å². The van der Waals surface area contributed by atoms with Gasteiger partial charge in [-0.15, -0.1) is 0 Å². The van der Waals surface area contributed by atoms with Crippen molar-refractivity contribution < 1.29 is 0 Å². The Hall–Kier alpha value is 0.270. The summed E-state index contributed by atoms with van der Waals surface area (Å²) >= 11 is 2.14. The molecule has 1 fully saturated rings. The lowest BCUT2D eigenvalue weighted by atomic mass is 9.92. The van der Waals surface area contributed by atoms with Crippen molar-refractivity contribution >= 4 is 11.8 Å². The molecule has 0 bridgehead atoms. The van der Waals surface area contributed by atoms with E-state index in [0.717, 1.165) is 29.5 Å². The fourth-order valence-corrected chi connectivity index (χ4v) is 4.16. The Morgan fingerprint density at radius 3 is 2.28 bits per heavy atom. The molecule has 0 amide bonds. The van der Waals surface area contributed by atoms with Crippen molar-refractivity contribution in [2.24, 2.45) is 11.3 Å². The molecular weight excluding hydrogens is 240 g/mol. The summed E-state index contributed by atoms with van der Waals surface area (Å²) < 4.78 is 0. The molecule has 0 saturated carbocycles. The Balaban J connectivity index is 2.34. The van der Waals surface area contributed by atoms with Crippen molar-refractivity contribution in [2.45, 2.75) is 52.0 Å². The zero-order valence-corrected chi connectivity index (χ0v) is 13.9. The van der Waals surface area contributed by atoms with Crippen molar-refractivity contribution in [1.82, 2.24) is 10.2 Å². The molecule has 2 nitrogen and oxygen atoms in total. The summed E-state index contributed by atoms with van der Waals surface area (Å²) in [6, 6.07) is 0. The molecule has 1 heterocycles. The van der Waals surface area contributed by atoms with Crippen molar-refractivity contribution in [3.8, 4) is 0 Å². The van der Waals surface area contributed by atoms with Gasteiger partial charge < -0.3 is 10.2 Å². The van der Waals surface area contributed by atoms with Crippen LogP contribution in [0.1, 0.15) is 41.5 Å². The Labute approximate surface area is 118 Å². The molecule has 1 aliphatic rings. The predicted octanol–water partition coefficient (Wildman–Crippen LogP) is 3.08. The molecule has 1 saturated heterocycles.